The third-order valence-corrected chi connectivity index (χ3v) is 2.09. The summed E-state index contributed by atoms with van der Waals surface area (Å²) in [5.41, 5.74) is 1.07. The summed E-state index contributed by atoms with van der Waals surface area (Å²) in [6, 6.07) is 2.96. The van der Waals surface area contributed by atoms with Crippen LogP contribution in [0.3, 0.4) is 0 Å². The lowest BCUT2D eigenvalue weighted by molar-refractivity contribution is 0.0696. The van der Waals surface area contributed by atoms with Crippen LogP contribution in [0.5, 0.6) is 0 Å². The Morgan fingerprint density at radius 1 is 1.53 bits per heavy atom. The van der Waals surface area contributed by atoms with Gasteiger partial charge >= 0.3 is 5.97 Å². The molecule has 2 rings (SSSR count). The van der Waals surface area contributed by atoms with Crippen molar-refractivity contribution in [2.45, 2.75) is 6.92 Å². The van der Waals surface area contributed by atoms with Crippen LogP contribution in [0.15, 0.2) is 23.5 Å². The molecule has 0 spiro atoms. The molecule has 15 heavy (non-hydrogen) atoms. The van der Waals surface area contributed by atoms with Crippen molar-refractivity contribution in [2.75, 3.05) is 0 Å². The number of aromatic nitrogens is 2. The molecule has 6 heteroatoms. The number of carboxylic acid groups (broad SMARTS) is 1. The Kier molecular flexibility index (Phi) is 1.96. The van der Waals surface area contributed by atoms with Crippen LogP contribution in [-0.2, 0) is 0 Å². The van der Waals surface area contributed by atoms with Crippen LogP contribution < -0.4 is 0 Å². The average Bonchev–Trinajstić information content (AvgIpc) is 2.51. The summed E-state index contributed by atoms with van der Waals surface area (Å²) in [7, 11) is 0. The van der Waals surface area contributed by atoms with Gasteiger partial charge < -0.3 is 5.11 Å². The van der Waals surface area contributed by atoms with Gasteiger partial charge in [-0.15, -0.1) is 4.91 Å². The van der Waals surface area contributed by atoms with Crippen LogP contribution in [0, 0.1) is 11.8 Å². The molecule has 0 aromatic carbocycles. The molecule has 0 aliphatic heterocycles. The smallest absolute Gasteiger partial charge is 0.337 e. The van der Waals surface area contributed by atoms with Crippen LogP contribution in [0.2, 0.25) is 0 Å². The molecule has 2 heterocycles. The monoisotopic (exact) mass is 205 g/mol. The molecule has 0 aliphatic rings. The first-order chi connectivity index (χ1) is 7.13. The zero-order valence-corrected chi connectivity index (χ0v) is 7.84. The highest BCUT2D eigenvalue weighted by Gasteiger charge is 2.11. The van der Waals surface area contributed by atoms with E-state index in [0.29, 0.717) is 11.3 Å². The number of hydrogen-bond donors (Lipinski definition) is 1. The number of imidazole rings is 1. The number of carboxylic acids is 1. The minimum absolute atomic E-state index is 0.0878. The zero-order valence-electron chi connectivity index (χ0n) is 7.84. The quantitative estimate of drug-likeness (QED) is 0.756. The second-order valence-corrected chi connectivity index (χ2v) is 3.06. The van der Waals surface area contributed by atoms with E-state index in [1.807, 2.05) is 0 Å². The van der Waals surface area contributed by atoms with Gasteiger partial charge in [0.15, 0.2) is 0 Å². The van der Waals surface area contributed by atoms with Gasteiger partial charge in [-0.25, -0.2) is 9.78 Å². The minimum Gasteiger partial charge on any atom is -0.478 e. The van der Waals surface area contributed by atoms with Gasteiger partial charge in [-0.2, -0.15) is 0 Å². The van der Waals surface area contributed by atoms with Crippen molar-refractivity contribution < 1.29 is 9.90 Å². The predicted octanol–water partition coefficient (Wildman–Crippen LogP) is 1.74. The van der Waals surface area contributed by atoms with E-state index < -0.39 is 5.97 Å². The number of fused-ring (bicyclic) bond motifs is 1. The Hall–Kier alpha value is -2.24. The summed E-state index contributed by atoms with van der Waals surface area (Å²) in [4.78, 5) is 25.3. The van der Waals surface area contributed by atoms with Gasteiger partial charge in [0, 0.05) is 6.20 Å². The van der Waals surface area contributed by atoms with E-state index in [-0.39, 0.29) is 11.4 Å². The fourth-order valence-corrected chi connectivity index (χ4v) is 1.39. The zero-order chi connectivity index (χ0) is 11.0. The summed E-state index contributed by atoms with van der Waals surface area (Å²) < 4.78 is 1.37. The largest absolute Gasteiger partial charge is 0.478 e. The highest BCUT2D eigenvalue weighted by Crippen LogP contribution is 2.20. The molecule has 0 radical (unpaired) electrons. The average molecular weight is 205 g/mol. The molecule has 0 amide bonds. The van der Waals surface area contributed by atoms with Gasteiger partial charge in [-0.3, -0.25) is 4.40 Å². The SMILES string of the molecule is Cc1nc2ccc(C(=O)O)cn2c1N=O. The lowest BCUT2D eigenvalue weighted by Crippen LogP contribution is -1.98. The third kappa shape index (κ3) is 1.35. The molecule has 0 fully saturated rings. The van der Waals surface area contributed by atoms with Crippen LogP contribution in [0.4, 0.5) is 5.82 Å². The molecular weight excluding hydrogens is 198 g/mol. The number of pyridine rings is 1. The first-order valence-corrected chi connectivity index (χ1v) is 4.19. The van der Waals surface area contributed by atoms with Gasteiger partial charge in [0.1, 0.15) is 5.65 Å². The predicted molar refractivity (Wildman–Crippen MR) is 52.3 cm³/mol. The number of hydrogen-bond acceptors (Lipinski definition) is 4. The molecule has 2 aromatic heterocycles. The second kappa shape index (κ2) is 3.16. The van der Waals surface area contributed by atoms with Gasteiger partial charge in [-0.05, 0) is 24.2 Å². The molecule has 6 nitrogen and oxygen atoms in total. The van der Waals surface area contributed by atoms with Crippen molar-refractivity contribution in [2.24, 2.45) is 5.18 Å². The van der Waals surface area contributed by atoms with E-state index in [1.54, 1.807) is 6.92 Å². The number of nitroso groups, excluding NO2 is 1. The summed E-state index contributed by atoms with van der Waals surface area (Å²) in [5, 5.41) is 11.6. The van der Waals surface area contributed by atoms with E-state index in [2.05, 4.69) is 10.2 Å². The number of aryl methyl sites for hydroxylation is 1. The van der Waals surface area contributed by atoms with Crippen molar-refractivity contribution in [3.63, 3.8) is 0 Å². The fourth-order valence-electron chi connectivity index (χ4n) is 1.39. The summed E-state index contributed by atoms with van der Waals surface area (Å²) in [6.07, 6.45) is 1.33. The highest BCUT2D eigenvalue weighted by atomic mass is 16.4. The molecular formula is C9H7N3O3. The van der Waals surface area contributed by atoms with Gasteiger partial charge in [-0.1, -0.05) is 0 Å². The van der Waals surface area contributed by atoms with E-state index in [0.717, 1.165) is 0 Å². The third-order valence-electron chi connectivity index (χ3n) is 2.09. The van der Waals surface area contributed by atoms with Crippen molar-refractivity contribution in [1.29, 1.82) is 0 Å². The van der Waals surface area contributed by atoms with Crippen molar-refractivity contribution in [3.05, 3.63) is 34.5 Å². The lowest BCUT2D eigenvalue weighted by Gasteiger charge is -1.96. The second-order valence-electron chi connectivity index (χ2n) is 3.06. The molecule has 1 N–H and O–H groups in total. The topological polar surface area (TPSA) is 84.0 Å². The molecule has 0 bridgehead atoms. The highest BCUT2D eigenvalue weighted by molar-refractivity contribution is 5.87. The van der Waals surface area contributed by atoms with E-state index in [1.165, 1.54) is 22.7 Å². The molecule has 0 unspecified atom stereocenters. The first kappa shape index (κ1) is 9.32. The summed E-state index contributed by atoms with van der Waals surface area (Å²) in [6.45, 7) is 1.64. The van der Waals surface area contributed by atoms with E-state index in [9.17, 15) is 9.70 Å². The maximum atomic E-state index is 10.7. The van der Waals surface area contributed by atoms with Crippen LogP contribution in [0.1, 0.15) is 16.1 Å². The standard InChI is InChI=1S/C9H7N3O3/c1-5-8(11-15)12-4-6(9(13)14)2-3-7(12)10-5/h2-4H,1H3,(H,13,14). The molecule has 0 aliphatic carbocycles. The molecule has 2 aromatic rings. The maximum Gasteiger partial charge on any atom is 0.337 e. The van der Waals surface area contributed by atoms with Crippen molar-refractivity contribution in [3.8, 4) is 0 Å². The van der Waals surface area contributed by atoms with Crippen LogP contribution in [0.25, 0.3) is 5.65 Å². The Labute approximate surface area is 84.1 Å². The van der Waals surface area contributed by atoms with Crippen molar-refractivity contribution in [1.82, 2.24) is 9.38 Å². The van der Waals surface area contributed by atoms with E-state index in [4.69, 9.17) is 5.11 Å². The van der Waals surface area contributed by atoms with Crippen LogP contribution >= 0.6 is 0 Å². The summed E-state index contributed by atoms with van der Waals surface area (Å²) in [5.74, 6) is -0.923. The maximum absolute atomic E-state index is 10.7. The van der Waals surface area contributed by atoms with Gasteiger partial charge in [0.25, 0.3) is 0 Å². The summed E-state index contributed by atoms with van der Waals surface area (Å²) >= 11 is 0. The Balaban J connectivity index is 2.78. The van der Waals surface area contributed by atoms with Gasteiger partial charge in [0.05, 0.1) is 11.3 Å². The van der Waals surface area contributed by atoms with Gasteiger partial charge in [0.2, 0.25) is 5.82 Å². The van der Waals surface area contributed by atoms with E-state index >= 15 is 0 Å². The molecule has 76 valence electrons. The number of carbonyl (C=O) groups is 1. The normalized spacial score (nSPS) is 10.5. The van der Waals surface area contributed by atoms with Crippen LogP contribution in [-0.4, -0.2) is 20.5 Å². The lowest BCUT2D eigenvalue weighted by atomic mass is 10.3. The molecule has 0 saturated carbocycles. The Bertz CT molecular complexity index is 559. The molecule has 0 atom stereocenters. The number of rotatable bonds is 2. The number of nitrogens with zero attached hydrogens (tertiary/aromatic N) is 3. The Morgan fingerprint density at radius 2 is 2.27 bits per heavy atom. The Morgan fingerprint density at radius 3 is 2.87 bits per heavy atom. The fraction of sp³-hybridized carbons (Fsp3) is 0.111. The molecule has 0 saturated heterocycles. The van der Waals surface area contributed by atoms with Crippen molar-refractivity contribution >= 4 is 17.4 Å². The number of aromatic carboxylic acids is 1. The minimum atomic E-state index is -1.06. The first-order valence-electron chi connectivity index (χ1n) is 4.19.